The zero-order chi connectivity index (χ0) is 17.7. The molecule has 0 aliphatic carbocycles. The quantitative estimate of drug-likeness (QED) is 0.655. The number of nitrogens with one attached hydrogen (secondary N) is 2. The van der Waals surface area contributed by atoms with Crippen molar-refractivity contribution in [3.63, 3.8) is 0 Å². The number of hydrogen-bond donors (Lipinski definition) is 2. The van der Waals surface area contributed by atoms with Gasteiger partial charge in [0.25, 0.3) is 11.8 Å². The van der Waals surface area contributed by atoms with E-state index in [1.54, 1.807) is 0 Å². The van der Waals surface area contributed by atoms with Gasteiger partial charge in [0, 0.05) is 11.8 Å². The van der Waals surface area contributed by atoms with Gasteiger partial charge in [-0.1, -0.05) is 17.7 Å². The van der Waals surface area contributed by atoms with Crippen molar-refractivity contribution in [2.24, 2.45) is 0 Å². The highest BCUT2D eigenvalue weighted by atomic mass is 35.5. The van der Waals surface area contributed by atoms with Gasteiger partial charge >= 0.3 is 0 Å². The molecule has 6 nitrogen and oxygen atoms in total. The smallest absolute Gasteiger partial charge is 0.262 e. The van der Waals surface area contributed by atoms with E-state index in [9.17, 15) is 14.0 Å². The molecule has 2 amide bonds. The first kappa shape index (κ1) is 17.7. The Morgan fingerprint density at radius 3 is 2.67 bits per heavy atom. The van der Waals surface area contributed by atoms with E-state index in [1.165, 1.54) is 35.0 Å². The van der Waals surface area contributed by atoms with Crippen LogP contribution in [0.4, 0.5) is 4.39 Å². The number of carbonyl (C=O) groups excluding carboxylic acids is 2. The van der Waals surface area contributed by atoms with Crippen LogP contribution in [-0.2, 0) is 16.1 Å². The summed E-state index contributed by atoms with van der Waals surface area (Å²) in [6.07, 6.45) is 2.65. The molecule has 2 aromatic rings. The molecular weight excluding hydrogens is 335 g/mol. The number of hydrogen-bond acceptors (Lipinski definition) is 3. The maximum absolute atomic E-state index is 13.0. The average molecular weight is 351 g/mol. The Bertz CT molecular complexity index is 801. The van der Waals surface area contributed by atoms with Crippen molar-refractivity contribution in [2.45, 2.75) is 20.4 Å². The van der Waals surface area contributed by atoms with Crippen molar-refractivity contribution in [3.05, 3.63) is 58.1 Å². The van der Waals surface area contributed by atoms with E-state index < -0.39 is 17.6 Å². The predicted molar refractivity (Wildman–Crippen MR) is 88.4 cm³/mol. The highest BCUT2D eigenvalue weighted by molar-refractivity contribution is 6.30. The Morgan fingerprint density at radius 2 is 2.04 bits per heavy atom. The number of carbonyl (C=O) groups is 2. The highest BCUT2D eigenvalue weighted by Crippen LogP contribution is 2.16. The van der Waals surface area contributed by atoms with E-state index in [1.807, 2.05) is 19.9 Å². The second-order valence-corrected chi connectivity index (χ2v) is 5.54. The second kappa shape index (κ2) is 7.74. The lowest BCUT2D eigenvalue weighted by Gasteiger charge is -2.06. The van der Waals surface area contributed by atoms with Crippen molar-refractivity contribution >= 4 is 29.5 Å². The van der Waals surface area contributed by atoms with E-state index in [-0.39, 0.29) is 11.6 Å². The van der Waals surface area contributed by atoms with Gasteiger partial charge in [0.1, 0.15) is 12.4 Å². The van der Waals surface area contributed by atoms with Gasteiger partial charge in [-0.05, 0) is 43.7 Å². The lowest BCUT2D eigenvalue weighted by atomic mass is 10.2. The standard InChI is InChI=1S/C16H16ClFN4O2/c1-10-7-11(2)22(21-10)9-16(24)20-19-15(23)6-4-12-3-5-14(18)13(17)8-12/h3-8H,9H2,1-2H3,(H,19,23)(H,20,24)/b6-4+. The number of aryl methyl sites for hydroxylation is 2. The van der Waals surface area contributed by atoms with Crippen molar-refractivity contribution in [3.8, 4) is 0 Å². The fourth-order valence-corrected chi connectivity index (χ4v) is 2.16. The van der Waals surface area contributed by atoms with Crippen LogP contribution >= 0.6 is 11.6 Å². The third kappa shape index (κ3) is 4.92. The SMILES string of the molecule is Cc1cc(C)n(CC(=O)NNC(=O)/C=C/c2ccc(F)c(Cl)c2)n1. The summed E-state index contributed by atoms with van der Waals surface area (Å²) in [7, 11) is 0. The molecule has 1 aromatic heterocycles. The van der Waals surface area contributed by atoms with Crippen molar-refractivity contribution < 1.29 is 14.0 Å². The number of amides is 2. The van der Waals surface area contributed by atoms with Gasteiger partial charge in [0.15, 0.2) is 0 Å². The molecule has 0 bridgehead atoms. The van der Waals surface area contributed by atoms with Crippen LogP contribution in [0.25, 0.3) is 6.08 Å². The molecule has 8 heteroatoms. The molecule has 24 heavy (non-hydrogen) atoms. The number of halogens is 2. The largest absolute Gasteiger partial charge is 0.271 e. The molecule has 2 N–H and O–H groups in total. The van der Waals surface area contributed by atoms with Gasteiger partial charge in [0.05, 0.1) is 10.7 Å². The molecule has 1 aromatic carbocycles. The summed E-state index contributed by atoms with van der Waals surface area (Å²) in [6, 6.07) is 5.92. The van der Waals surface area contributed by atoms with Crippen molar-refractivity contribution in [1.82, 2.24) is 20.6 Å². The van der Waals surface area contributed by atoms with Crippen LogP contribution in [-0.4, -0.2) is 21.6 Å². The normalized spacial score (nSPS) is 10.8. The Hall–Kier alpha value is -2.67. The van der Waals surface area contributed by atoms with Crippen molar-refractivity contribution in [2.75, 3.05) is 0 Å². The highest BCUT2D eigenvalue weighted by Gasteiger charge is 2.07. The van der Waals surface area contributed by atoms with Gasteiger partial charge in [-0.25, -0.2) is 4.39 Å². The summed E-state index contributed by atoms with van der Waals surface area (Å²) < 4.78 is 14.6. The molecule has 0 saturated carbocycles. The zero-order valence-electron chi connectivity index (χ0n) is 13.1. The van der Waals surface area contributed by atoms with Crippen LogP contribution in [0.2, 0.25) is 5.02 Å². The van der Waals surface area contributed by atoms with Gasteiger partial charge in [-0.2, -0.15) is 5.10 Å². The second-order valence-electron chi connectivity index (χ2n) is 5.13. The molecule has 0 spiro atoms. The number of aromatic nitrogens is 2. The number of hydrazine groups is 1. The van der Waals surface area contributed by atoms with E-state index in [0.717, 1.165) is 11.4 Å². The van der Waals surface area contributed by atoms with Crippen LogP contribution in [0.3, 0.4) is 0 Å². The van der Waals surface area contributed by atoms with Crippen LogP contribution in [0.5, 0.6) is 0 Å². The van der Waals surface area contributed by atoms with Crippen LogP contribution < -0.4 is 10.9 Å². The molecule has 1 heterocycles. The minimum Gasteiger partial charge on any atom is -0.271 e. The molecule has 0 radical (unpaired) electrons. The average Bonchev–Trinajstić information content (AvgIpc) is 2.84. The predicted octanol–water partition coefficient (Wildman–Crippen LogP) is 2.15. The van der Waals surface area contributed by atoms with Gasteiger partial charge in [0.2, 0.25) is 0 Å². The Kier molecular flexibility index (Phi) is 5.70. The minimum atomic E-state index is -0.533. The first-order chi connectivity index (χ1) is 11.3. The minimum absolute atomic E-state index is 0.00274. The summed E-state index contributed by atoms with van der Waals surface area (Å²) in [4.78, 5) is 23.4. The topological polar surface area (TPSA) is 76.0 Å². The van der Waals surface area contributed by atoms with E-state index in [2.05, 4.69) is 16.0 Å². The van der Waals surface area contributed by atoms with E-state index >= 15 is 0 Å². The molecule has 2 rings (SSSR count). The zero-order valence-corrected chi connectivity index (χ0v) is 13.9. The number of rotatable bonds is 4. The summed E-state index contributed by atoms with van der Waals surface area (Å²) in [5.41, 5.74) is 6.76. The molecule has 0 fully saturated rings. The number of nitrogens with zero attached hydrogens (tertiary/aromatic N) is 2. The lowest BCUT2D eigenvalue weighted by Crippen LogP contribution is -2.42. The van der Waals surface area contributed by atoms with Gasteiger partial charge in [-0.3, -0.25) is 25.1 Å². The summed E-state index contributed by atoms with van der Waals surface area (Å²) >= 11 is 5.65. The van der Waals surface area contributed by atoms with Crippen LogP contribution in [0, 0.1) is 19.7 Å². The Balaban J connectivity index is 1.84. The van der Waals surface area contributed by atoms with Crippen LogP contribution in [0.1, 0.15) is 17.0 Å². The first-order valence-corrected chi connectivity index (χ1v) is 7.46. The number of benzene rings is 1. The third-order valence-electron chi connectivity index (χ3n) is 3.09. The maximum Gasteiger partial charge on any atom is 0.262 e. The Morgan fingerprint density at radius 1 is 1.29 bits per heavy atom. The van der Waals surface area contributed by atoms with Crippen LogP contribution in [0.15, 0.2) is 30.3 Å². The van der Waals surface area contributed by atoms with E-state index in [0.29, 0.717) is 5.56 Å². The molecular formula is C16H16ClFN4O2. The summed E-state index contributed by atoms with van der Waals surface area (Å²) in [5, 5.41) is 4.12. The monoisotopic (exact) mass is 350 g/mol. The fourth-order valence-electron chi connectivity index (χ4n) is 1.97. The molecule has 126 valence electrons. The van der Waals surface area contributed by atoms with Gasteiger partial charge < -0.3 is 0 Å². The molecule has 0 aliphatic heterocycles. The fraction of sp³-hybridized carbons (Fsp3) is 0.188. The molecule has 0 unspecified atom stereocenters. The molecule has 0 aliphatic rings. The summed E-state index contributed by atoms with van der Waals surface area (Å²) in [5.74, 6) is -1.47. The molecule has 0 atom stereocenters. The van der Waals surface area contributed by atoms with Crippen molar-refractivity contribution in [1.29, 1.82) is 0 Å². The lowest BCUT2D eigenvalue weighted by molar-refractivity contribution is -0.127. The summed E-state index contributed by atoms with van der Waals surface area (Å²) in [6.45, 7) is 3.66. The van der Waals surface area contributed by atoms with Gasteiger partial charge in [-0.15, -0.1) is 0 Å². The first-order valence-electron chi connectivity index (χ1n) is 7.08. The maximum atomic E-state index is 13.0. The molecule has 0 saturated heterocycles. The third-order valence-corrected chi connectivity index (χ3v) is 3.38. The van der Waals surface area contributed by atoms with E-state index in [4.69, 9.17) is 11.6 Å². The Labute approximate surface area is 143 Å².